The van der Waals surface area contributed by atoms with Gasteiger partial charge in [-0.3, -0.25) is 19.5 Å². The molecule has 32 heavy (non-hydrogen) atoms. The molecule has 3 aromatic rings. The fraction of sp³-hybridized carbons (Fsp3) is 0.333. The Kier molecular flexibility index (Phi) is 5.53. The minimum Gasteiger partial charge on any atom is -0.332 e. The van der Waals surface area contributed by atoms with Crippen LogP contribution in [-0.4, -0.2) is 50.3 Å². The van der Waals surface area contributed by atoms with Crippen LogP contribution in [0.3, 0.4) is 0 Å². The van der Waals surface area contributed by atoms with Gasteiger partial charge in [-0.05, 0) is 49.2 Å². The molecule has 1 fully saturated rings. The molecular formula is C24H24FN5O2. The first-order valence-electron chi connectivity index (χ1n) is 10.9. The maximum absolute atomic E-state index is 14.1. The Bertz CT molecular complexity index is 1200. The molecule has 1 amide bonds. The van der Waals surface area contributed by atoms with Crippen molar-refractivity contribution in [2.75, 3.05) is 19.6 Å². The molecule has 0 saturated carbocycles. The first-order valence-corrected chi connectivity index (χ1v) is 10.9. The maximum atomic E-state index is 14.1. The molecule has 0 aliphatic carbocycles. The Morgan fingerprint density at radius 3 is 2.78 bits per heavy atom. The maximum Gasteiger partial charge on any atom is 0.257 e. The third-order valence-corrected chi connectivity index (χ3v) is 6.30. The predicted molar refractivity (Wildman–Crippen MR) is 117 cm³/mol. The van der Waals surface area contributed by atoms with Gasteiger partial charge in [0.2, 0.25) is 0 Å². The third kappa shape index (κ3) is 4.05. The number of carbonyl (C=O) groups is 1. The van der Waals surface area contributed by atoms with Gasteiger partial charge in [-0.2, -0.15) is 0 Å². The number of aromatic amines is 1. The largest absolute Gasteiger partial charge is 0.332 e. The van der Waals surface area contributed by atoms with Gasteiger partial charge in [-0.1, -0.05) is 12.1 Å². The highest BCUT2D eigenvalue weighted by molar-refractivity contribution is 5.94. The van der Waals surface area contributed by atoms with Crippen LogP contribution in [0.25, 0.3) is 0 Å². The summed E-state index contributed by atoms with van der Waals surface area (Å²) < 4.78 is 14.1. The fourth-order valence-corrected chi connectivity index (χ4v) is 4.58. The summed E-state index contributed by atoms with van der Waals surface area (Å²) in [6.07, 6.45) is 4.90. The molecule has 2 aliphatic rings. The van der Waals surface area contributed by atoms with E-state index in [1.165, 1.54) is 17.7 Å². The quantitative estimate of drug-likeness (QED) is 0.684. The van der Waals surface area contributed by atoms with Crippen LogP contribution in [0.4, 0.5) is 4.39 Å². The number of nitrogens with zero attached hydrogens (tertiary/aromatic N) is 4. The van der Waals surface area contributed by atoms with E-state index in [-0.39, 0.29) is 29.5 Å². The number of rotatable bonds is 4. The zero-order valence-electron chi connectivity index (χ0n) is 17.6. The summed E-state index contributed by atoms with van der Waals surface area (Å²) in [7, 11) is 0. The number of halogens is 1. The molecule has 0 bridgehead atoms. The zero-order valence-corrected chi connectivity index (χ0v) is 17.6. The van der Waals surface area contributed by atoms with Crippen molar-refractivity contribution in [2.45, 2.75) is 31.8 Å². The van der Waals surface area contributed by atoms with Crippen LogP contribution in [0.5, 0.6) is 0 Å². The lowest BCUT2D eigenvalue weighted by molar-refractivity contribution is 0.0726. The van der Waals surface area contributed by atoms with Crippen molar-refractivity contribution < 1.29 is 9.18 Å². The fourth-order valence-electron chi connectivity index (χ4n) is 4.58. The van der Waals surface area contributed by atoms with Crippen molar-refractivity contribution in [3.63, 3.8) is 0 Å². The smallest absolute Gasteiger partial charge is 0.257 e. The number of pyridine rings is 1. The summed E-state index contributed by atoms with van der Waals surface area (Å²) in [6, 6.07) is 9.99. The number of carbonyl (C=O) groups excluding carboxylic acids is 1. The number of benzene rings is 1. The zero-order chi connectivity index (χ0) is 22.1. The molecule has 164 valence electrons. The number of hydrogen-bond donors (Lipinski definition) is 1. The van der Waals surface area contributed by atoms with Crippen molar-refractivity contribution in [1.82, 2.24) is 24.8 Å². The predicted octanol–water partition coefficient (Wildman–Crippen LogP) is 2.49. The average molecular weight is 433 g/mol. The van der Waals surface area contributed by atoms with Gasteiger partial charge in [0.15, 0.2) is 0 Å². The van der Waals surface area contributed by atoms with Gasteiger partial charge in [0, 0.05) is 43.5 Å². The number of fused-ring (bicyclic) bond motifs is 1. The van der Waals surface area contributed by atoms with E-state index in [0.29, 0.717) is 30.0 Å². The van der Waals surface area contributed by atoms with Crippen LogP contribution in [-0.2, 0) is 19.5 Å². The Balaban J connectivity index is 1.33. The molecule has 1 N–H and O–H groups in total. The van der Waals surface area contributed by atoms with Crippen molar-refractivity contribution in [1.29, 1.82) is 0 Å². The lowest BCUT2D eigenvalue weighted by atomic mass is 10.0. The van der Waals surface area contributed by atoms with Crippen LogP contribution in [0, 0.1) is 5.82 Å². The van der Waals surface area contributed by atoms with Crippen molar-refractivity contribution in [3.05, 3.63) is 93.2 Å². The van der Waals surface area contributed by atoms with Gasteiger partial charge in [0.05, 0.1) is 17.8 Å². The number of H-pyrrole nitrogens is 1. The molecule has 0 radical (unpaired) electrons. The molecule has 2 aliphatic heterocycles. The monoisotopic (exact) mass is 433 g/mol. The van der Waals surface area contributed by atoms with Gasteiger partial charge in [-0.15, -0.1) is 0 Å². The SMILES string of the molecule is O=C(c1ccccc1F)N1CCc2c(nc([C@H]3CCN(Cc4ccncc4)C3)[nH]c2=O)C1. The summed E-state index contributed by atoms with van der Waals surface area (Å²) in [4.78, 5) is 41.3. The van der Waals surface area contributed by atoms with E-state index in [0.717, 1.165) is 26.1 Å². The van der Waals surface area contributed by atoms with E-state index in [4.69, 9.17) is 4.98 Å². The molecule has 0 unspecified atom stereocenters. The minimum atomic E-state index is -0.539. The standard InChI is InChI=1S/C24H24FN5O2/c25-20-4-2-1-3-18(20)24(32)30-12-8-19-21(15-30)27-22(28-23(19)31)17-7-11-29(14-17)13-16-5-9-26-10-6-16/h1-6,9-10,17H,7-8,11-15H2,(H,27,28,31)/t17-/m0/s1. The van der Waals surface area contributed by atoms with E-state index in [2.05, 4.69) is 14.9 Å². The van der Waals surface area contributed by atoms with Crippen LogP contribution in [0.1, 0.15) is 45.3 Å². The molecule has 7 nitrogen and oxygen atoms in total. The van der Waals surface area contributed by atoms with Crippen LogP contribution >= 0.6 is 0 Å². The molecule has 0 spiro atoms. The van der Waals surface area contributed by atoms with Gasteiger partial charge >= 0.3 is 0 Å². The number of aromatic nitrogens is 3. The topological polar surface area (TPSA) is 82.2 Å². The number of hydrogen-bond acceptors (Lipinski definition) is 5. The molecule has 1 saturated heterocycles. The average Bonchev–Trinajstić information content (AvgIpc) is 3.28. The van der Waals surface area contributed by atoms with Crippen molar-refractivity contribution in [3.8, 4) is 0 Å². The van der Waals surface area contributed by atoms with Gasteiger partial charge < -0.3 is 9.88 Å². The Hall–Kier alpha value is -3.39. The third-order valence-electron chi connectivity index (χ3n) is 6.30. The number of amides is 1. The van der Waals surface area contributed by atoms with Crippen LogP contribution < -0.4 is 5.56 Å². The highest BCUT2D eigenvalue weighted by atomic mass is 19.1. The van der Waals surface area contributed by atoms with E-state index in [1.807, 2.05) is 12.1 Å². The lowest BCUT2D eigenvalue weighted by Gasteiger charge is -2.28. The number of likely N-dealkylation sites (tertiary alicyclic amines) is 1. The summed E-state index contributed by atoms with van der Waals surface area (Å²) in [5, 5.41) is 0. The van der Waals surface area contributed by atoms with E-state index in [1.54, 1.807) is 29.4 Å². The Morgan fingerprint density at radius 1 is 1.16 bits per heavy atom. The normalized spacial score (nSPS) is 18.5. The molecule has 4 heterocycles. The van der Waals surface area contributed by atoms with Crippen LogP contribution in [0.2, 0.25) is 0 Å². The molecule has 1 aromatic carbocycles. The first-order chi connectivity index (χ1) is 15.6. The van der Waals surface area contributed by atoms with E-state index in [9.17, 15) is 14.0 Å². The highest BCUT2D eigenvalue weighted by Crippen LogP contribution is 2.27. The summed E-state index contributed by atoms with van der Waals surface area (Å²) >= 11 is 0. The van der Waals surface area contributed by atoms with Crippen LogP contribution in [0.15, 0.2) is 53.6 Å². The van der Waals surface area contributed by atoms with E-state index >= 15 is 0 Å². The summed E-state index contributed by atoms with van der Waals surface area (Å²) in [6.45, 7) is 3.15. The second kappa shape index (κ2) is 8.63. The molecule has 8 heteroatoms. The first kappa shape index (κ1) is 20.5. The second-order valence-electron chi connectivity index (χ2n) is 8.41. The minimum absolute atomic E-state index is 0.0450. The van der Waals surface area contributed by atoms with Crippen molar-refractivity contribution >= 4 is 5.91 Å². The second-order valence-corrected chi connectivity index (χ2v) is 8.41. The van der Waals surface area contributed by atoms with Gasteiger partial charge in [0.1, 0.15) is 11.6 Å². The highest BCUT2D eigenvalue weighted by Gasteiger charge is 2.30. The summed E-state index contributed by atoms with van der Waals surface area (Å²) in [5.41, 5.74) is 2.36. The van der Waals surface area contributed by atoms with Gasteiger partial charge in [0.25, 0.3) is 11.5 Å². The Labute approximate surface area is 184 Å². The molecule has 2 aromatic heterocycles. The molecule has 5 rings (SSSR count). The molecular weight excluding hydrogens is 409 g/mol. The van der Waals surface area contributed by atoms with E-state index < -0.39 is 5.82 Å². The van der Waals surface area contributed by atoms with Gasteiger partial charge in [-0.25, -0.2) is 9.37 Å². The summed E-state index contributed by atoms with van der Waals surface area (Å²) in [5.74, 6) is -0.108. The molecule has 1 atom stereocenters. The number of nitrogens with one attached hydrogen (secondary N) is 1. The lowest BCUT2D eigenvalue weighted by Crippen LogP contribution is -2.40. The van der Waals surface area contributed by atoms with Crippen molar-refractivity contribution in [2.24, 2.45) is 0 Å². The Morgan fingerprint density at radius 2 is 1.97 bits per heavy atom.